The fourth-order valence-corrected chi connectivity index (χ4v) is 5.39. The van der Waals surface area contributed by atoms with E-state index in [4.69, 9.17) is 9.47 Å². The molecule has 0 aromatic heterocycles. The number of unbranched alkanes of at least 4 members (excludes halogenated alkanes) is 21. The zero-order valence-corrected chi connectivity index (χ0v) is 31.2. The third-order valence-electron chi connectivity index (χ3n) is 7.66. The van der Waals surface area contributed by atoms with Gasteiger partial charge in [-0.3, -0.25) is 0 Å². The van der Waals surface area contributed by atoms with Crippen molar-refractivity contribution in [2.24, 2.45) is 0 Å². The summed E-state index contributed by atoms with van der Waals surface area (Å²) in [6.07, 6.45) is 29.0. The normalized spacial score (nSPS) is 11.2. The van der Waals surface area contributed by atoms with Gasteiger partial charge in [0.1, 0.15) is 6.61 Å². The maximum Gasteiger partial charge on any atom is 1.00 e. The molecule has 1 aromatic rings. The van der Waals surface area contributed by atoms with Gasteiger partial charge in [-0.2, -0.15) is 0 Å². The molecular formula is C34H57KO7S. The molecule has 43 heavy (non-hydrogen) atoms. The maximum absolute atomic E-state index is 12.4. The average Bonchev–Trinajstić information content (AvgIpc) is 2.96. The molecule has 0 spiro atoms. The summed E-state index contributed by atoms with van der Waals surface area (Å²) in [6.45, 7) is 1.99. The van der Waals surface area contributed by atoms with E-state index in [-0.39, 0.29) is 69.1 Å². The first-order valence-corrected chi connectivity index (χ1v) is 18.3. The van der Waals surface area contributed by atoms with Gasteiger partial charge in [0.05, 0.1) is 33.6 Å². The van der Waals surface area contributed by atoms with Crippen LogP contribution < -0.4 is 51.4 Å². The molecule has 0 unspecified atom stereocenters. The monoisotopic (exact) mass is 648 g/mol. The van der Waals surface area contributed by atoms with Crippen molar-refractivity contribution in [3.8, 4) is 0 Å². The number of ether oxygens (including phenoxy) is 2. The van der Waals surface area contributed by atoms with E-state index in [1.807, 2.05) is 0 Å². The molecule has 0 saturated heterocycles. The van der Waals surface area contributed by atoms with Crippen LogP contribution in [0.1, 0.15) is 169 Å². The molecular weight excluding hydrogens is 592 g/mol. The predicted molar refractivity (Wildman–Crippen MR) is 169 cm³/mol. The second-order valence-corrected chi connectivity index (χ2v) is 13.0. The topological polar surface area (TPSA) is 110 Å². The Labute approximate surface area is 305 Å². The zero-order chi connectivity index (χ0) is 30.7. The molecule has 0 aliphatic rings. The molecule has 0 N–H and O–H groups in total. The molecule has 7 nitrogen and oxygen atoms in total. The molecule has 242 valence electrons. The van der Waals surface area contributed by atoms with E-state index in [2.05, 4.69) is 6.92 Å². The fourth-order valence-electron chi connectivity index (χ4n) is 5.11. The van der Waals surface area contributed by atoms with E-state index in [1.54, 1.807) is 12.1 Å². The molecule has 0 radical (unpaired) electrons. The van der Waals surface area contributed by atoms with Crippen LogP contribution in [0.3, 0.4) is 0 Å². The van der Waals surface area contributed by atoms with Crippen molar-refractivity contribution in [1.82, 2.24) is 0 Å². The fraction of sp³-hybridized carbons (Fsp3) is 0.765. The van der Waals surface area contributed by atoms with Crippen molar-refractivity contribution in [3.05, 3.63) is 35.4 Å². The number of carbonyl (C=O) groups is 2. The molecule has 0 atom stereocenters. The Balaban J connectivity index is 0.0000176. The summed E-state index contributed by atoms with van der Waals surface area (Å²) in [5, 5.41) is 0. The number of rotatable bonds is 28. The van der Waals surface area contributed by atoms with Gasteiger partial charge in [-0.1, -0.05) is 154 Å². The van der Waals surface area contributed by atoms with Crippen molar-refractivity contribution in [2.75, 3.05) is 19.0 Å². The first-order valence-electron chi connectivity index (χ1n) is 16.7. The number of hydrogen-bond donors (Lipinski definition) is 0. The molecule has 0 fully saturated rings. The first-order chi connectivity index (χ1) is 20.3. The zero-order valence-electron chi connectivity index (χ0n) is 27.3. The number of benzene rings is 1. The second-order valence-electron chi connectivity index (χ2n) is 11.5. The van der Waals surface area contributed by atoms with Gasteiger partial charge in [-0.25, -0.2) is 18.0 Å². The summed E-state index contributed by atoms with van der Waals surface area (Å²) < 4.78 is 42.2. The van der Waals surface area contributed by atoms with E-state index in [9.17, 15) is 22.6 Å². The molecule has 0 amide bonds. The van der Waals surface area contributed by atoms with Crippen LogP contribution in [0.5, 0.6) is 0 Å². The summed E-state index contributed by atoms with van der Waals surface area (Å²) in [5.74, 6) is -2.30. The van der Waals surface area contributed by atoms with Gasteiger partial charge in [0.2, 0.25) is 0 Å². The summed E-state index contributed by atoms with van der Waals surface area (Å²) >= 11 is 0. The number of esters is 2. The van der Waals surface area contributed by atoms with E-state index in [0.717, 1.165) is 19.3 Å². The van der Waals surface area contributed by atoms with Crippen molar-refractivity contribution in [2.45, 2.75) is 148 Å². The van der Waals surface area contributed by atoms with Crippen LogP contribution in [0, 0.1) is 0 Å². The van der Waals surface area contributed by atoms with Gasteiger partial charge in [-0.15, -0.1) is 0 Å². The van der Waals surface area contributed by atoms with Crippen molar-refractivity contribution < 1.29 is 83.4 Å². The van der Waals surface area contributed by atoms with Crippen LogP contribution in [0.15, 0.2) is 24.3 Å². The Morgan fingerprint density at radius 3 is 1.19 bits per heavy atom. The van der Waals surface area contributed by atoms with Crippen molar-refractivity contribution >= 4 is 22.1 Å². The van der Waals surface area contributed by atoms with Gasteiger partial charge in [0.25, 0.3) is 0 Å². The Morgan fingerprint density at radius 2 is 0.860 bits per heavy atom. The smallest absolute Gasteiger partial charge is 0.748 e. The van der Waals surface area contributed by atoms with Crippen LogP contribution >= 0.6 is 0 Å². The Hall–Kier alpha value is -0.294. The van der Waals surface area contributed by atoms with E-state index in [0.29, 0.717) is 0 Å². The van der Waals surface area contributed by atoms with Crippen LogP contribution in [-0.2, 0) is 19.6 Å². The first kappa shape index (κ1) is 42.7. The second kappa shape index (κ2) is 29.1. The van der Waals surface area contributed by atoms with E-state index in [1.165, 1.54) is 134 Å². The number of hydrogen-bond acceptors (Lipinski definition) is 7. The maximum atomic E-state index is 12.4. The average molecular weight is 649 g/mol. The number of carbonyl (C=O) groups excluding carboxylic acids is 2. The third-order valence-corrected chi connectivity index (χ3v) is 8.33. The largest absolute Gasteiger partial charge is 1.00 e. The molecule has 0 aliphatic heterocycles. The van der Waals surface area contributed by atoms with Gasteiger partial charge >= 0.3 is 63.3 Å². The summed E-state index contributed by atoms with van der Waals surface area (Å²) in [6, 6.07) is 6.04. The van der Waals surface area contributed by atoms with E-state index < -0.39 is 34.4 Å². The minimum atomic E-state index is -4.49. The minimum absolute atomic E-state index is 0. The van der Waals surface area contributed by atoms with Crippen LogP contribution in [0.2, 0.25) is 0 Å². The van der Waals surface area contributed by atoms with Gasteiger partial charge in [0, 0.05) is 0 Å². The molecule has 0 bridgehead atoms. The van der Waals surface area contributed by atoms with Gasteiger partial charge in [-0.05, 0) is 18.6 Å². The Kier molecular flexibility index (Phi) is 28.9. The standard InChI is InChI=1S/C34H58O7S.K/c1-2-3-4-5-6-7-8-9-10-11-12-13-14-15-16-17-18-19-20-21-22-25-28-40-33(35)31-26-23-24-27-32(31)34(36)41-29-30-42(37,38)39;/h23-24,26-27H,2-22,25,28-30H2,1H3,(H,37,38,39);/q;+1/p-1. The molecule has 0 aliphatic carbocycles. The van der Waals surface area contributed by atoms with Crippen molar-refractivity contribution in [1.29, 1.82) is 0 Å². The molecule has 0 heterocycles. The SMILES string of the molecule is CCCCCCCCCCCCCCCCCCCCCCCCOC(=O)c1ccccc1C(=O)OCCS(=O)(=O)[O-].[K+]. The summed E-state index contributed by atoms with van der Waals surface area (Å²) in [4.78, 5) is 24.7. The van der Waals surface area contributed by atoms with Crippen LogP contribution in [0.4, 0.5) is 0 Å². The Morgan fingerprint density at radius 1 is 0.558 bits per heavy atom. The molecule has 1 aromatic carbocycles. The summed E-state index contributed by atoms with van der Waals surface area (Å²) in [7, 11) is -4.49. The van der Waals surface area contributed by atoms with Gasteiger partial charge in [0.15, 0.2) is 0 Å². The third kappa shape index (κ3) is 25.6. The van der Waals surface area contributed by atoms with Crippen molar-refractivity contribution in [3.63, 3.8) is 0 Å². The molecule has 9 heteroatoms. The molecule has 1 rings (SSSR count). The summed E-state index contributed by atoms with van der Waals surface area (Å²) in [5.41, 5.74) is 0.0474. The van der Waals surface area contributed by atoms with Gasteiger partial charge < -0.3 is 14.0 Å². The Bertz CT molecular complexity index is 936. The quantitative estimate of drug-likeness (QED) is 0.0464. The predicted octanol–water partition coefficient (Wildman–Crippen LogP) is 6.15. The minimum Gasteiger partial charge on any atom is -0.748 e. The van der Waals surface area contributed by atoms with Crippen LogP contribution in [0.25, 0.3) is 0 Å². The van der Waals surface area contributed by atoms with Crippen LogP contribution in [-0.4, -0.2) is 43.9 Å². The van der Waals surface area contributed by atoms with E-state index >= 15 is 0 Å². The molecule has 0 saturated carbocycles.